The summed E-state index contributed by atoms with van der Waals surface area (Å²) in [6, 6.07) is 16.9. The number of hydrogen-bond donors (Lipinski definition) is 2. The molecule has 0 unspecified atom stereocenters. The van der Waals surface area contributed by atoms with E-state index in [0.29, 0.717) is 28.4 Å². The van der Waals surface area contributed by atoms with Crippen molar-refractivity contribution in [1.82, 2.24) is 5.32 Å². The number of anilines is 1. The second kappa shape index (κ2) is 9.13. The van der Waals surface area contributed by atoms with Crippen LogP contribution in [0.25, 0.3) is 0 Å². The number of thiophene rings is 1. The summed E-state index contributed by atoms with van der Waals surface area (Å²) in [5, 5.41) is 6.61. The van der Waals surface area contributed by atoms with Crippen molar-refractivity contribution in [2.45, 2.75) is 32.2 Å². The SMILES string of the molecule is COc1ccccc1C(=O)Nc1sc2c(c1C(=O)NCc1ccccc1)CCCC2. The molecule has 2 N–H and O–H groups in total. The highest BCUT2D eigenvalue weighted by Crippen LogP contribution is 2.38. The highest BCUT2D eigenvalue weighted by Gasteiger charge is 2.27. The Hall–Kier alpha value is -3.12. The Bertz CT molecular complexity index is 1060. The van der Waals surface area contributed by atoms with Crippen LogP contribution in [0.15, 0.2) is 54.6 Å². The summed E-state index contributed by atoms with van der Waals surface area (Å²) in [5.74, 6) is 0.0862. The number of carbonyl (C=O) groups excluding carboxylic acids is 2. The number of para-hydroxylation sites is 1. The molecule has 1 heterocycles. The Morgan fingerprint density at radius 3 is 2.50 bits per heavy atom. The second-order valence-corrected chi connectivity index (χ2v) is 8.34. The van der Waals surface area contributed by atoms with Crippen LogP contribution >= 0.6 is 11.3 Å². The molecule has 6 heteroatoms. The van der Waals surface area contributed by atoms with E-state index in [4.69, 9.17) is 4.74 Å². The molecule has 0 spiro atoms. The molecule has 0 saturated carbocycles. The fourth-order valence-electron chi connectivity index (χ4n) is 3.76. The Morgan fingerprint density at radius 1 is 0.967 bits per heavy atom. The molecule has 0 aliphatic heterocycles. The van der Waals surface area contributed by atoms with Crippen LogP contribution in [0.5, 0.6) is 5.75 Å². The van der Waals surface area contributed by atoms with E-state index in [0.717, 1.165) is 36.8 Å². The Morgan fingerprint density at radius 2 is 1.70 bits per heavy atom. The monoisotopic (exact) mass is 420 g/mol. The Kier molecular flexibility index (Phi) is 6.14. The fourth-order valence-corrected chi connectivity index (χ4v) is 5.05. The van der Waals surface area contributed by atoms with Gasteiger partial charge in [0.25, 0.3) is 11.8 Å². The maximum Gasteiger partial charge on any atom is 0.260 e. The van der Waals surface area contributed by atoms with Gasteiger partial charge in [0.2, 0.25) is 0 Å². The number of methoxy groups -OCH3 is 1. The molecule has 30 heavy (non-hydrogen) atoms. The summed E-state index contributed by atoms with van der Waals surface area (Å²) in [5.41, 5.74) is 3.16. The topological polar surface area (TPSA) is 67.4 Å². The molecule has 1 aliphatic carbocycles. The molecule has 2 aromatic carbocycles. The number of carbonyl (C=O) groups is 2. The van der Waals surface area contributed by atoms with E-state index in [1.165, 1.54) is 16.2 Å². The number of nitrogens with one attached hydrogen (secondary N) is 2. The third-order valence-electron chi connectivity index (χ3n) is 5.27. The van der Waals surface area contributed by atoms with Crippen LogP contribution in [0, 0.1) is 0 Å². The maximum absolute atomic E-state index is 13.1. The molecule has 1 aliphatic rings. The first-order chi connectivity index (χ1) is 14.7. The smallest absolute Gasteiger partial charge is 0.260 e. The molecular formula is C24H24N2O3S. The van der Waals surface area contributed by atoms with Crippen molar-refractivity contribution >= 4 is 28.2 Å². The molecule has 5 nitrogen and oxygen atoms in total. The highest BCUT2D eigenvalue weighted by molar-refractivity contribution is 7.17. The molecule has 0 radical (unpaired) electrons. The first-order valence-electron chi connectivity index (χ1n) is 10.1. The van der Waals surface area contributed by atoms with E-state index in [1.54, 1.807) is 25.3 Å². The molecule has 1 aromatic heterocycles. The number of ether oxygens (including phenoxy) is 1. The summed E-state index contributed by atoms with van der Waals surface area (Å²) < 4.78 is 5.31. The van der Waals surface area contributed by atoms with Gasteiger partial charge in [-0.05, 0) is 48.9 Å². The largest absolute Gasteiger partial charge is 0.496 e. The summed E-state index contributed by atoms with van der Waals surface area (Å²) in [6.45, 7) is 0.449. The summed E-state index contributed by atoms with van der Waals surface area (Å²) in [4.78, 5) is 27.3. The average molecular weight is 421 g/mol. The molecule has 3 aromatic rings. The van der Waals surface area contributed by atoms with Crippen LogP contribution in [0.2, 0.25) is 0 Å². The Labute approximate surface area is 180 Å². The minimum atomic E-state index is -0.275. The second-order valence-electron chi connectivity index (χ2n) is 7.24. The first-order valence-corrected chi connectivity index (χ1v) is 10.9. The lowest BCUT2D eigenvalue weighted by molar-refractivity contribution is 0.0951. The predicted molar refractivity (Wildman–Crippen MR) is 120 cm³/mol. The number of hydrogen-bond acceptors (Lipinski definition) is 4. The van der Waals surface area contributed by atoms with Crippen LogP contribution in [0.4, 0.5) is 5.00 Å². The third-order valence-corrected chi connectivity index (χ3v) is 6.48. The first kappa shape index (κ1) is 20.2. The van der Waals surface area contributed by atoms with Gasteiger partial charge in [-0.1, -0.05) is 42.5 Å². The van der Waals surface area contributed by atoms with Crippen LogP contribution in [-0.4, -0.2) is 18.9 Å². The molecular weight excluding hydrogens is 396 g/mol. The summed E-state index contributed by atoms with van der Waals surface area (Å²) in [6.07, 6.45) is 3.98. The Balaban J connectivity index is 1.60. The summed E-state index contributed by atoms with van der Waals surface area (Å²) >= 11 is 1.51. The number of fused-ring (bicyclic) bond motifs is 1. The van der Waals surface area contributed by atoms with Gasteiger partial charge < -0.3 is 15.4 Å². The third kappa shape index (κ3) is 4.24. The van der Waals surface area contributed by atoms with Gasteiger partial charge in [0.1, 0.15) is 10.8 Å². The van der Waals surface area contributed by atoms with Crippen LogP contribution < -0.4 is 15.4 Å². The molecule has 0 bridgehead atoms. The van der Waals surface area contributed by atoms with Crippen LogP contribution in [0.1, 0.15) is 49.6 Å². The zero-order valence-corrected chi connectivity index (χ0v) is 17.7. The van der Waals surface area contributed by atoms with Gasteiger partial charge in [0.15, 0.2) is 0 Å². The van der Waals surface area contributed by atoms with Crippen molar-refractivity contribution in [3.8, 4) is 5.75 Å². The van der Waals surface area contributed by atoms with Gasteiger partial charge in [-0.25, -0.2) is 0 Å². The predicted octanol–water partition coefficient (Wildman–Crippen LogP) is 4.82. The maximum atomic E-state index is 13.1. The van der Waals surface area contributed by atoms with Crippen molar-refractivity contribution < 1.29 is 14.3 Å². The van der Waals surface area contributed by atoms with E-state index in [9.17, 15) is 9.59 Å². The van der Waals surface area contributed by atoms with Crippen molar-refractivity contribution in [2.75, 3.05) is 12.4 Å². The van der Waals surface area contributed by atoms with E-state index >= 15 is 0 Å². The van der Waals surface area contributed by atoms with Crippen LogP contribution in [-0.2, 0) is 19.4 Å². The number of aryl methyl sites for hydroxylation is 1. The quantitative estimate of drug-likeness (QED) is 0.601. The lowest BCUT2D eigenvalue weighted by Crippen LogP contribution is -2.25. The molecule has 154 valence electrons. The summed E-state index contributed by atoms with van der Waals surface area (Å²) in [7, 11) is 1.54. The zero-order chi connectivity index (χ0) is 20.9. The van der Waals surface area contributed by atoms with E-state index in [1.807, 2.05) is 36.4 Å². The average Bonchev–Trinajstić information content (AvgIpc) is 3.16. The number of amides is 2. The van der Waals surface area contributed by atoms with Gasteiger partial charge in [-0.15, -0.1) is 11.3 Å². The number of rotatable bonds is 6. The molecule has 0 saturated heterocycles. The lowest BCUT2D eigenvalue weighted by Gasteiger charge is -2.13. The minimum Gasteiger partial charge on any atom is -0.496 e. The molecule has 2 amide bonds. The molecule has 0 atom stereocenters. The fraction of sp³-hybridized carbons (Fsp3) is 0.250. The van der Waals surface area contributed by atoms with Crippen LogP contribution in [0.3, 0.4) is 0 Å². The van der Waals surface area contributed by atoms with Gasteiger partial charge in [0, 0.05) is 11.4 Å². The normalized spacial score (nSPS) is 12.7. The van der Waals surface area contributed by atoms with Gasteiger partial charge in [-0.2, -0.15) is 0 Å². The van der Waals surface area contributed by atoms with Crippen molar-refractivity contribution in [3.63, 3.8) is 0 Å². The lowest BCUT2D eigenvalue weighted by atomic mass is 9.95. The van der Waals surface area contributed by atoms with Gasteiger partial charge >= 0.3 is 0 Å². The highest BCUT2D eigenvalue weighted by atomic mass is 32.1. The van der Waals surface area contributed by atoms with Crippen molar-refractivity contribution in [2.24, 2.45) is 0 Å². The zero-order valence-electron chi connectivity index (χ0n) is 16.9. The standard InChI is InChI=1S/C24H24N2O3S/c1-29-19-13-7-5-11-17(19)22(27)26-24-21(18-12-6-8-14-20(18)30-24)23(28)25-15-16-9-3-2-4-10-16/h2-5,7,9-11,13H,6,8,12,14-15H2,1H3,(H,25,28)(H,26,27). The van der Waals surface area contributed by atoms with Gasteiger partial charge in [0.05, 0.1) is 18.2 Å². The molecule has 4 rings (SSSR count). The van der Waals surface area contributed by atoms with E-state index < -0.39 is 0 Å². The molecule has 0 fully saturated rings. The minimum absolute atomic E-state index is 0.145. The number of benzene rings is 2. The van der Waals surface area contributed by atoms with Crippen molar-refractivity contribution in [1.29, 1.82) is 0 Å². The van der Waals surface area contributed by atoms with E-state index in [-0.39, 0.29) is 11.8 Å². The van der Waals surface area contributed by atoms with E-state index in [2.05, 4.69) is 10.6 Å². The van der Waals surface area contributed by atoms with Gasteiger partial charge in [-0.3, -0.25) is 9.59 Å². The van der Waals surface area contributed by atoms with Crippen molar-refractivity contribution in [3.05, 3.63) is 81.7 Å².